The van der Waals surface area contributed by atoms with Crippen LogP contribution >= 0.6 is 11.6 Å². The number of rotatable bonds is 5. The van der Waals surface area contributed by atoms with Gasteiger partial charge in [-0.2, -0.15) is 0 Å². The van der Waals surface area contributed by atoms with Crippen molar-refractivity contribution in [2.45, 2.75) is 60.9 Å². The summed E-state index contributed by atoms with van der Waals surface area (Å²) in [5.74, 6) is 2.24. The highest BCUT2D eigenvalue weighted by Gasteiger charge is 2.40. The van der Waals surface area contributed by atoms with Gasteiger partial charge in [-0.05, 0) is 73.8 Å². The Bertz CT molecular complexity index is 972. The van der Waals surface area contributed by atoms with Crippen LogP contribution in [0, 0.1) is 0 Å². The smallest absolute Gasteiger partial charge is 0.145 e. The first-order valence-corrected chi connectivity index (χ1v) is 12.7. The van der Waals surface area contributed by atoms with E-state index in [9.17, 15) is 9.32 Å². The van der Waals surface area contributed by atoms with Gasteiger partial charge in [0, 0.05) is 23.9 Å². The number of nitrogens with one attached hydrogen (secondary N) is 1. The third-order valence-corrected chi connectivity index (χ3v) is 8.32. The molecule has 0 spiro atoms. The number of hydrogen-bond acceptors (Lipinski definition) is 5. The van der Waals surface area contributed by atoms with Gasteiger partial charge in [-0.25, -0.2) is 4.98 Å². The first kappa shape index (κ1) is 20.3. The van der Waals surface area contributed by atoms with Crippen molar-refractivity contribution in [1.82, 2.24) is 4.98 Å². The lowest BCUT2D eigenvalue weighted by Crippen LogP contribution is -2.48. The van der Waals surface area contributed by atoms with E-state index in [0.717, 1.165) is 60.8 Å². The van der Waals surface area contributed by atoms with Crippen LogP contribution in [0.15, 0.2) is 35.2 Å². The fourth-order valence-corrected chi connectivity index (χ4v) is 6.03. The molecule has 1 saturated carbocycles. The minimum Gasteiger partial charge on any atom is -0.394 e. The second-order valence-corrected chi connectivity index (χ2v) is 10.8. The Morgan fingerprint density at radius 3 is 2.73 bits per heavy atom. The molecule has 3 heterocycles. The quantitative estimate of drug-likeness (QED) is 0.725. The van der Waals surface area contributed by atoms with Crippen LogP contribution in [0.5, 0.6) is 0 Å². The van der Waals surface area contributed by atoms with Gasteiger partial charge in [0.25, 0.3) is 0 Å². The molecule has 0 amide bonds. The van der Waals surface area contributed by atoms with E-state index < -0.39 is 10.8 Å². The van der Waals surface area contributed by atoms with Crippen molar-refractivity contribution in [3.05, 3.63) is 46.5 Å². The third-order valence-electron chi connectivity index (χ3n) is 7.14. The van der Waals surface area contributed by atoms with Gasteiger partial charge < -0.3 is 15.3 Å². The molecule has 2 aromatic rings. The Balaban J connectivity index is 1.41. The van der Waals surface area contributed by atoms with Crippen molar-refractivity contribution < 1.29 is 9.32 Å². The lowest BCUT2D eigenvalue weighted by Gasteiger charge is -2.42. The Morgan fingerprint density at radius 1 is 1.33 bits per heavy atom. The zero-order valence-corrected chi connectivity index (χ0v) is 18.8. The minimum absolute atomic E-state index is 0.0800. The summed E-state index contributed by atoms with van der Waals surface area (Å²) in [6, 6.07) is 10.8. The van der Waals surface area contributed by atoms with E-state index in [-0.39, 0.29) is 12.1 Å². The van der Waals surface area contributed by atoms with Crippen molar-refractivity contribution >= 4 is 34.0 Å². The van der Waals surface area contributed by atoms with Gasteiger partial charge in [0.2, 0.25) is 0 Å². The number of halogens is 1. The summed E-state index contributed by atoms with van der Waals surface area (Å²) in [5.41, 5.74) is 2.24. The third kappa shape index (κ3) is 3.53. The summed E-state index contributed by atoms with van der Waals surface area (Å²) in [4.78, 5) is 8.16. The number of nitrogens with zero attached hydrogens (tertiary/aromatic N) is 2. The molecule has 1 aliphatic carbocycles. The van der Waals surface area contributed by atoms with Crippen molar-refractivity contribution in [2.75, 3.05) is 29.6 Å². The van der Waals surface area contributed by atoms with Crippen molar-refractivity contribution in [3.63, 3.8) is 0 Å². The van der Waals surface area contributed by atoms with Gasteiger partial charge in [0.05, 0.1) is 27.8 Å². The Hall–Kier alpha value is -1.63. The van der Waals surface area contributed by atoms with Gasteiger partial charge in [0.15, 0.2) is 0 Å². The summed E-state index contributed by atoms with van der Waals surface area (Å²) in [5, 5.41) is 14.1. The number of aromatic nitrogens is 1. The van der Waals surface area contributed by atoms with Crippen molar-refractivity contribution in [2.24, 2.45) is 0 Å². The zero-order valence-electron chi connectivity index (χ0n) is 17.2. The molecule has 3 atom stereocenters. The number of aliphatic hydroxyl groups excluding tert-OH is 1. The maximum absolute atomic E-state index is 12.5. The Morgan fingerprint density at radius 2 is 2.10 bits per heavy atom. The number of hydrogen-bond donors (Lipinski definition) is 2. The van der Waals surface area contributed by atoms with Gasteiger partial charge in [0.1, 0.15) is 11.6 Å². The topological polar surface area (TPSA) is 65.5 Å². The molecule has 5 rings (SSSR count). The molecular formula is C23H28ClN3O2S. The summed E-state index contributed by atoms with van der Waals surface area (Å²) in [6.07, 6.45) is 7.78. The second-order valence-electron chi connectivity index (χ2n) is 9.01. The predicted octanol–water partition coefficient (Wildman–Crippen LogP) is 4.11. The summed E-state index contributed by atoms with van der Waals surface area (Å²) < 4.78 is 12.5. The van der Waals surface area contributed by atoms with Gasteiger partial charge in [-0.15, -0.1) is 0 Å². The minimum atomic E-state index is -1.13. The normalized spacial score (nSPS) is 25.2. The zero-order chi connectivity index (χ0) is 20.9. The van der Waals surface area contributed by atoms with Crippen LogP contribution in [0.3, 0.4) is 0 Å². The molecule has 3 aliphatic rings. The maximum atomic E-state index is 12.5. The molecule has 160 valence electrons. The molecule has 3 unspecified atom stereocenters. The number of aliphatic hydroxyl groups is 1. The Kier molecular flexibility index (Phi) is 5.28. The average Bonchev–Trinajstić information content (AvgIpc) is 3.07. The van der Waals surface area contributed by atoms with E-state index in [2.05, 4.69) is 28.4 Å². The van der Waals surface area contributed by atoms with Crippen LogP contribution in [0.2, 0.25) is 5.02 Å². The van der Waals surface area contributed by atoms with Crippen LogP contribution < -0.4 is 10.2 Å². The molecule has 1 saturated heterocycles. The molecule has 0 bridgehead atoms. The molecule has 2 N–H and O–H groups in total. The summed E-state index contributed by atoms with van der Waals surface area (Å²) in [6.45, 7) is 1.05. The fraction of sp³-hybridized carbons (Fsp3) is 0.522. The van der Waals surface area contributed by atoms with E-state index >= 15 is 0 Å². The Labute approximate surface area is 185 Å². The number of fused-ring (bicyclic) bond motifs is 3. The standard InChI is InChI=1S/C23H28ClN3O2S/c1-30(29)20-13-17-12-19-11-16(15-3-5-18(24)6-4-15)7-10-27(19)22(17)25-21(20)26-23(14-28)8-2-9-23/h3-6,13,16,19,28H,2,7-12,14H2,1H3,(H,25,26). The largest absolute Gasteiger partial charge is 0.394 e. The van der Waals surface area contributed by atoms with Crippen molar-refractivity contribution in [1.29, 1.82) is 0 Å². The lowest BCUT2D eigenvalue weighted by atomic mass is 9.77. The highest BCUT2D eigenvalue weighted by Crippen LogP contribution is 2.43. The highest BCUT2D eigenvalue weighted by atomic mass is 35.5. The van der Waals surface area contributed by atoms with E-state index in [0.29, 0.717) is 17.8 Å². The van der Waals surface area contributed by atoms with Crippen LogP contribution in [-0.4, -0.2) is 45.3 Å². The van der Waals surface area contributed by atoms with Crippen molar-refractivity contribution in [3.8, 4) is 0 Å². The summed E-state index contributed by atoms with van der Waals surface area (Å²) in [7, 11) is -1.13. The first-order valence-electron chi connectivity index (χ1n) is 10.8. The van der Waals surface area contributed by atoms with Gasteiger partial charge in [-0.1, -0.05) is 23.7 Å². The molecule has 0 radical (unpaired) electrons. The lowest BCUT2D eigenvalue weighted by molar-refractivity contribution is 0.143. The monoisotopic (exact) mass is 445 g/mol. The number of piperidine rings is 1. The fourth-order valence-electron chi connectivity index (χ4n) is 5.22. The molecule has 7 heteroatoms. The molecule has 2 fully saturated rings. The molecule has 1 aromatic heterocycles. The maximum Gasteiger partial charge on any atom is 0.145 e. The average molecular weight is 446 g/mol. The molecule has 30 heavy (non-hydrogen) atoms. The molecule has 5 nitrogen and oxygen atoms in total. The highest BCUT2D eigenvalue weighted by molar-refractivity contribution is 7.84. The predicted molar refractivity (Wildman–Crippen MR) is 122 cm³/mol. The molecular weight excluding hydrogens is 418 g/mol. The number of pyridine rings is 1. The summed E-state index contributed by atoms with van der Waals surface area (Å²) >= 11 is 6.06. The first-order chi connectivity index (χ1) is 14.5. The number of benzene rings is 1. The van der Waals surface area contributed by atoms with E-state index in [1.54, 1.807) is 6.26 Å². The van der Waals surface area contributed by atoms with Crippen LogP contribution in [0.1, 0.15) is 49.1 Å². The van der Waals surface area contributed by atoms with Gasteiger partial charge in [-0.3, -0.25) is 4.21 Å². The second kappa shape index (κ2) is 7.81. The van der Waals surface area contributed by atoms with Crippen LogP contribution in [0.25, 0.3) is 0 Å². The SMILES string of the molecule is CS(=O)c1cc2c(nc1NC1(CO)CCC1)N1CCC(c3ccc(Cl)cc3)CC1C2. The van der Waals surface area contributed by atoms with Crippen LogP contribution in [0.4, 0.5) is 11.6 Å². The van der Waals surface area contributed by atoms with E-state index in [4.69, 9.17) is 16.6 Å². The molecule has 2 aliphatic heterocycles. The van der Waals surface area contributed by atoms with Crippen LogP contribution in [-0.2, 0) is 17.2 Å². The number of anilines is 2. The molecule has 1 aromatic carbocycles. The van der Waals surface area contributed by atoms with Gasteiger partial charge >= 0.3 is 0 Å². The van der Waals surface area contributed by atoms with E-state index in [1.807, 2.05) is 12.1 Å². The van der Waals surface area contributed by atoms with E-state index in [1.165, 1.54) is 11.1 Å².